The average molecular weight is 297 g/mol. The molecule has 0 aliphatic heterocycles. The van der Waals surface area contributed by atoms with Gasteiger partial charge in [0.15, 0.2) is 0 Å². The Bertz CT molecular complexity index is 224. The molecule has 0 N–H and O–H groups in total. The normalized spacial score (nSPS) is 12.9. The van der Waals surface area contributed by atoms with Crippen LogP contribution in [0.5, 0.6) is 0 Å². The van der Waals surface area contributed by atoms with Crippen molar-refractivity contribution in [2.24, 2.45) is 10.8 Å². The van der Waals surface area contributed by atoms with E-state index in [4.69, 9.17) is 0 Å². The lowest BCUT2D eigenvalue weighted by Crippen LogP contribution is -2.15. The smallest absolute Gasteiger partial charge is 0.0354 e. The second-order valence-corrected chi connectivity index (χ2v) is 8.80. The number of rotatable bonds is 14. The molecule has 0 heteroatoms. The van der Waals surface area contributed by atoms with Crippen LogP contribution in [0.3, 0.4) is 0 Å². The van der Waals surface area contributed by atoms with Crippen LogP contribution in [-0.2, 0) is 0 Å². The first-order valence-corrected chi connectivity index (χ1v) is 9.83. The third-order valence-corrected chi connectivity index (χ3v) is 5.09. The van der Waals surface area contributed by atoms with Crippen LogP contribution in [0.1, 0.15) is 125 Å². The van der Waals surface area contributed by atoms with Crippen LogP contribution in [0.25, 0.3) is 0 Å². The molecule has 0 atom stereocenters. The third kappa shape index (κ3) is 13.4. The fraction of sp³-hybridized carbons (Fsp3) is 1.00. The molecule has 21 heavy (non-hydrogen) atoms. The Balaban J connectivity index is 3.64. The third-order valence-electron chi connectivity index (χ3n) is 5.09. The van der Waals surface area contributed by atoms with E-state index in [0.717, 1.165) is 0 Å². The van der Waals surface area contributed by atoms with Gasteiger partial charge in [0, 0.05) is 0 Å². The molecule has 0 aromatic heterocycles. The number of hydrogen-bond donors (Lipinski definition) is 0. The van der Waals surface area contributed by atoms with E-state index in [1.54, 1.807) is 0 Å². The van der Waals surface area contributed by atoms with Crippen molar-refractivity contribution in [3.8, 4) is 0 Å². The summed E-state index contributed by atoms with van der Waals surface area (Å²) in [6.45, 7) is 14.5. The van der Waals surface area contributed by atoms with Crippen molar-refractivity contribution >= 4 is 0 Å². The molecule has 0 saturated carbocycles. The van der Waals surface area contributed by atoms with Crippen molar-refractivity contribution in [3.05, 3.63) is 0 Å². The highest BCUT2D eigenvalue weighted by Crippen LogP contribution is 2.34. The molecular weight excluding hydrogens is 252 g/mol. The maximum Gasteiger partial charge on any atom is -0.0354 e. The molecule has 128 valence electrons. The molecule has 0 aliphatic rings. The Labute approximate surface area is 136 Å². The quantitative estimate of drug-likeness (QED) is 0.284. The summed E-state index contributed by atoms with van der Waals surface area (Å²) in [7, 11) is 0. The Hall–Kier alpha value is 0. The highest BCUT2D eigenvalue weighted by molar-refractivity contribution is 4.73. The molecule has 0 nitrogen and oxygen atoms in total. The summed E-state index contributed by atoms with van der Waals surface area (Å²) >= 11 is 0. The van der Waals surface area contributed by atoms with E-state index in [9.17, 15) is 0 Å². The van der Waals surface area contributed by atoms with Gasteiger partial charge in [-0.3, -0.25) is 0 Å². The highest BCUT2D eigenvalue weighted by atomic mass is 14.3. The standard InChI is InChI=1S/C21H44/c1-7-9-10-11-12-13-14-17-21(5,6)19-15-18-20(3,4)16-8-2/h7-19H2,1-6H3. The minimum atomic E-state index is 0.560. The zero-order valence-corrected chi connectivity index (χ0v) is 16.2. The van der Waals surface area contributed by atoms with Gasteiger partial charge in [-0.15, -0.1) is 0 Å². The molecule has 0 saturated heterocycles. The average Bonchev–Trinajstić information content (AvgIpc) is 2.37. The second-order valence-electron chi connectivity index (χ2n) is 8.80. The maximum absolute atomic E-state index is 2.48. The molecular formula is C21H44. The van der Waals surface area contributed by atoms with E-state index in [1.165, 1.54) is 83.5 Å². The van der Waals surface area contributed by atoms with E-state index >= 15 is 0 Å². The van der Waals surface area contributed by atoms with Gasteiger partial charge in [-0.2, -0.15) is 0 Å². The molecule has 0 aliphatic carbocycles. The molecule has 0 fully saturated rings. The molecule has 0 rings (SSSR count). The van der Waals surface area contributed by atoms with Crippen LogP contribution in [0.15, 0.2) is 0 Å². The molecule has 0 bridgehead atoms. The fourth-order valence-corrected chi connectivity index (χ4v) is 3.53. The molecule has 0 unspecified atom stereocenters. The zero-order chi connectivity index (χ0) is 16.2. The maximum atomic E-state index is 2.48. The molecule has 0 radical (unpaired) electrons. The molecule has 0 heterocycles. The summed E-state index contributed by atoms with van der Waals surface area (Å²) in [5.41, 5.74) is 1.12. The minimum absolute atomic E-state index is 0.560. The zero-order valence-electron chi connectivity index (χ0n) is 16.2. The molecule has 0 aromatic rings. The lowest BCUT2D eigenvalue weighted by Gasteiger charge is -2.28. The highest BCUT2D eigenvalue weighted by Gasteiger charge is 2.20. The van der Waals surface area contributed by atoms with Gasteiger partial charge in [-0.25, -0.2) is 0 Å². The van der Waals surface area contributed by atoms with E-state index in [1.807, 2.05) is 0 Å². The fourth-order valence-electron chi connectivity index (χ4n) is 3.53. The van der Waals surface area contributed by atoms with Crippen molar-refractivity contribution in [2.75, 3.05) is 0 Å². The first-order valence-electron chi connectivity index (χ1n) is 9.83. The summed E-state index contributed by atoms with van der Waals surface area (Å²) in [6.07, 6.45) is 18.4. The summed E-state index contributed by atoms with van der Waals surface area (Å²) in [6, 6.07) is 0. The van der Waals surface area contributed by atoms with Gasteiger partial charge in [0.2, 0.25) is 0 Å². The van der Waals surface area contributed by atoms with Crippen molar-refractivity contribution in [2.45, 2.75) is 125 Å². The second kappa shape index (κ2) is 11.6. The number of hydrogen-bond acceptors (Lipinski definition) is 0. The monoisotopic (exact) mass is 296 g/mol. The summed E-state index contributed by atoms with van der Waals surface area (Å²) in [5.74, 6) is 0. The Morgan fingerprint density at radius 1 is 0.429 bits per heavy atom. The van der Waals surface area contributed by atoms with Crippen molar-refractivity contribution < 1.29 is 0 Å². The van der Waals surface area contributed by atoms with Gasteiger partial charge in [0.1, 0.15) is 0 Å². The SMILES string of the molecule is CCCCCCCCCC(C)(C)CCCC(C)(C)CCC. The van der Waals surface area contributed by atoms with Gasteiger partial charge in [-0.1, -0.05) is 99.3 Å². The summed E-state index contributed by atoms with van der Waals surface area (Å²) < 4.78 is 0. The topological polar surface area (TPSA) is 0 Å². The minimum Gasteiger partial charge on any atom is -0.0654 e. The van der Waals surface area contributed by atoms with E-state index in [-0.39, 0.29) is 0 Å². The predicted molar refractivity (Wildman–Crippen MR) is 98.9 cm³/mol. The van der Waals surface area contributed by atoms with Crippen molar-refractivity contribution in [1.29, 1.82) is 0 Å². The van der Waals surface area contributed by atoms with Crippen LogP contribution >= 0.6 is 0 Å². The molecule has 0 aromatic carbocycles. The molecule has 0 amide bonds. The lowest BCUT2D eigenvalue weighted by atomic mass is 9.77. The van der Waals surface area contributed by atoms with Gasteiger partial charge in [0.05, 0.1) is 0 Å². The van der Waals surface area contributed by atoms with Crippen LogP contribution < -0.4 is 0 Å². The Kier molecular flexibility index (Phi) is 11.6. The first kappa shape index (κ1) is 21.0. The first-order chi connectivity index (χ1) is 9.83. The summed E-state index contributed by atoms with van der Waals surface area (Å²) in [4.78, 5) is 0. The van der Waals surface area contributed by atoms with Gasteiger partial charge >= 0.3 is 0 Å². The van der Waals surface area contributed by atoms with Gasteiger partial charge in [0.25, 0.3) is 0 Å². The van der Waals surface area contributed by atoms with Crippen molar-refractivity contribution in [3.63, 3.8) is 0 Å². The Morgan fingerprint density at radius 3 is 1.38 bits per heavy atom. The van der Waals surface area contributed by atoms with E-state index in [0.29, 0.717) is 10.8 Å². The Morgan fingerprint density at radius 2 is 0.857 bits per heavy atom. The van der Waals surface area contributed by atoms with Crippen LogP contribution in [0.4, 0.5) is 0 Å². The lowest BCUT2D eigenvalue weighted by molar-refractivity contribution is 0.238. The van der Waals surface area contributed by atoms with E-state index in [2.05, 4.69) is 41.5 Å². The van der Waals surface area contributed by atoms with E-state index < -0.39 is 0 Å². The largest absolute Gasteiger partial charge is 0.0654 e. The van der Waals surface area contributed by atoms with Crippen LogP contribution in [0, 0.1) is 10.8 Å². The number of unbranched alkanes of at least 4 members (excludes halogenated alkanes) is 6. The van der Waals surface area contributed by atoms with Crippen LogP contribution in [0.2, 0.25) is 0 Å². The van der Waals surface area contributed by atoms with Gasteiger partial charge in [-0.05, 0) is 36.5 Å². The van der Waals surface area contributed by atoms with Gasteiger partial charge < -0.3 is 0 Å². The van der Waals surface area contributed by atoms with Crippen molar-refractivity contribution in [1.82, 2.24) is 0 Å². The predicted octanol–water partition coefficient (Wildman–Crippen LogP) is 8.15. The summed E-state index contributed by atoms with van der Waals surface area (Å²) in [5, 5.41) is 0. The van der Waals surface area contributed by atoms with Crippen LogP contribution in [-0.4, -0.2) is 0 Å². The molecule has 0 spiro atoms.